The van der Waals surface area contributed by atoms with E-state index in [-0.39, 0.29) is 6.04 Å². The highest BCUT2D eigenvalue weighted by molar-refractivity contribution is 5.34. The molecule has 0 amide bonds. The molecular formula is C20H23N3O. The van der Waals surface area contributed by atoms with Gasteiger partial charge in [-0.3, -0.25) is 0 Å². The predicted octanol–water partition coefficient (Wildman–Crippen LogP) is 4.12. The third kappa shape index (κ3) is 4.03. The second-order valence-electron chi connectivity index (χ2n) is 5.74. The van der Waals surface area contributed by atoms with Gasteiger partial charge < -0.3 is 14.6 Å². The molecule has 3 aromatic rings. The van der Waals surface area contributed by atoms with Crippen LogP contribution in [0.15, 0.2) is 67.3 Å². The first kappa shape index (κ1) is 16.3. The zero-order valence-corrected chi connectivity index (χ0v) is 14.1. The molecule has 24 heavy (non-hydrogen) atoms. The van der Waals surface area contributed by atoms with E-state index in [9.17, 15) is 0 Å². The average molecular weight is 321 g/mol. The van der Waals surface area contributed by atoms with Gasteiger partial charge in [-0.25, -0.2) is 4.98 Å². The molecular weight excluding hydrogens is 298 g/mol. The van der Waals surface area contributed by atoms with E-state index < -0.39 is 0 Å². The Bertz CT molecular complexity index is 734. The first-order chi connectivity index (χ1) is 11.8. The Labute approximate surface area is 143 Å². The lowest BCUT2D eigenvalue weighted by Crippen LogP contribution is -2.18. The molecule has 0 fully saturated rings. The largest absolute Gasteiger partial charge is 0.494 e. The number of rotatable bonds is 7. The lowest BCUT2D eigenvalue weighted by atomic mass is 10.1. The fourth-order valence-corrected chi connectivity index (χ4v) is 2.61. The minimum absolute atomic E-state index is 0.286. The van der Waals surface area contributed by atoms with Crippen LogP contribution in [0.1, 0.15) is 31.0 Å². The second-order valence-corrected chi connectivity index (χ2v) is 5.74. The molecule has 4 nitrogen and oxygen atoms in total. The number of imidazole rings is 1. The quantitative estimate of drug-likeness (QED) is 0.711. The monoisotopic (exact) mass is 321 g/mol. The number of nitrogens with one attached hydrogen (secondary N) is 1. The van der Waals surface area contributed by atoms with Gasteiger partial charge in [-0.1, -0.05) is 24.3 Å². The van der Waals surface area contributed by atoms with Crippen molar-refractivity contribution in [2.45, 2.75) is 26.4 Å². The first-order valence-electron chi connectivity index (χ1n) is 8.29. The number of benzene rings is 2. The van der Waals surface area contributed by atoms with Gasteiger partial charge in [0.25, 0.3) is 0 Å². The third-order valence-electron chi connectivity index (χ3n) is 4.04. The lowest BCUT2D eigenvalue weighted by Gasteiger charge is -2.15. The van der Waals surface area contributed by atoms with Gasteiger partial charge in [0.05, 0.1) is 12.9 Å². The fourth-order valence-electron chi connectivity index (χ4n) is 2.61. The van der Waals surface area contributed by atoms with E-state index >= 15 is 0 Å². The lowest BCUT2D eigenvalue weighted by molar-refractivity contribution is 0.340. The molecule has 0 saturated carbocycles. The molecule has 1 aromatic heterocycles. The summed E-state index contributed by atoms with van der Waals surface area (Å²) in [4.78, 5) is 4.07. The highest BCUT2D eigenvalue weighted by Gasteiger charge is 2.05. The first-order valence-corrected chi connectivity index (χ1v) is 8.29. The highest BCUT2D eigenvalue weighted by atomic mass is 16.5. The third-order valence-corrected chi connectivity index (χ3v) is 4.04. The molecule has 0 bridgehead atoms. The average Bonchev–Trinajstić information content (AvgIpc) is 3.16. The molecule has 0 saturated heterocycles. The van der Waals surface area contributed by atoms with Crippen molar-refractivity contribution in [3.05, 3.63) is 78.4 Å². The second kappa shape index (κ2) is 7.79. The van der Waals surface area contributed by atoms with E-state index in [1.807, 2.05) is 29.8 Å². The minimum atomic E-state index is 0.286. The summed E-state index contributed by atoms with van der Waals surface area (Å²) in [5.74, 6) is 0.920. The van der Waals surface area contributed by atoms with Gasteiger partial charge >= 0.3 is 0 Å². The molecule has 1 unspecified atom stereocenters. The van der Waals surface area contributed by atoms with E-state index in [2.05, 4.69) is 53.6 Å². The molecule has 4 heteroatoms. The van der Waals surface area contributed by atoms with Gasteiger partial charge in [-0.15, -0.1) is 0 Å². The van der Waals surface area contributed by atoms with Crippen LogP contribution in [-0.4, -0.2) is 16.2 Å². The van der Waals surface area contributed by atoms with Crippen LogP contribution in [0, 0.1) is 0 Å². The molecule has 0 aliphatic carbocycles. The van der Waals surface area contributed by atoms with Crippen LogP contribution in [0.5, 0.6) is 5.75 Å². The normalized spacial score (nSPS) is 12.1. The summed E-state index contributed by atoms with van der Waals surface area (Å²) in [7, 11) is 0. The van der Waals surface area contributed by atoms with Crippen LogP contribution in [0.2, 0.25) is 0 Å². The van der Waals surface area contributed by atoms with Crippen LogP contribution < -0.4 is 10.1 Å². The molecule has 0 radical (unpaired) electrons. The van der Waals surface area contributed by atoms with Crippen LogP contribution in [0.3, 0.4) is 0 Å². The van der Waals surface area contributed by atoms with E-state index in [4.69, 9.17) is 4.74 Å². The van der Waals surface area contributed by atoms with Crippen molar-refractivity contribution in [2.75, 3.05) is 6.61 Å². The van der Waals surface area contributed by atoms with Crippen LogP contribution >= 0.6 is 0 Å². The summed E-state index contributed by atoms with van der Waals surface area (Å²) in [6, 6.07) is 17.1. The summed E-state index contributed by atoms with van der Waals surface area (Å²) in [6.45, 7) is 5.70. The van der Waals surface area contributed by atoms with Crippen molar-refractivity contribution in [1.82, 2.24) is 14.9 Å². The van der Waals surface area contributed by atoms with E-state index in [0.29, 0.717) is 6.61 Å². The van der Waals surface area contributed by atoms with Crippen LogP contribution in [0.25, 0.3) is 5.69 Å². The molecule has 1 heterocycles. The molecule has 124 valence electrons. The zero-order valence-electron chi connectivity index (χ0n) is 14.1. The molecule has 0 aliphatic heterocycles. The Balaban J connectivity index is 1.56. The Morgan fingerprint density at radius 2 is 1.83 bits per heavy atom. The fraction of sp³-hybridized carbons (Fsp3) is 0.250. The number of nitrogens with zero attached hydrogens (tertiary/aromatic N) is 2. The molecule has 3 rings (SSSR count). The van der Waals surface area contributed by atoms with Crippen molar-refractivity contribution in [3.63, 3.8) is 0 Å². The van der Waals surface area contributed by atoms with Crippen molar-refractivity contribution < 1.29 is 4.74 Å². The van der Waals surface area contributed by atoms with Gasteiger partial charge in [0.2, 0.25) is 0 Å². The smallest absolute Gasteiger partial charge is 0.119 e. The number of hydrogen-bond donors (Lipinski definition) is 1. The Kier molecular flexibility index (Phi) is 5.29. The molecule has 0 aliphatic rings. The topological polar surface area (TPSA) is 39.1 Å². The number of hydrogen-bond acceptors (Lipinski definition) is 3. The van der Waals surface area contributed by atoms with E-state index in [0.717, 1.165) is 18.0 Å². The molecule has 1 N–H and O–H groups in total. The number of aromatic nitrogens is 2. The van der Waals surface area contributed by atoms with Crippen LogP contribution in [0.4, 0.5) is 0 Å². The molecule has 2 aromatic carbocycles. The molecule has 1 atom stereocenters. The minimum Gasteiger partial charge on any atom is -0.494 e. The van der Waals surface area contributed by atoms with E-state index in [1.165, 1.54) is 11.1 Å². The Morgan fingerprint density at radius 3 is 2.46 bits per heavy atom. The maximum atomic E-state index is 5.48. The van der Waals surface area contributed by atoms with E-state index in [1.54, 1.807) is 12.5 Å². The summed E-state index contributed by atoms with van der Waals surface area (Å²) in [6.07, 6.45) is 5.54. The predicted molar refractivity (Wildman–Crippen MR) is 96.4 cm³/mol. The summed E-state index contributed by atoms with van der Waals surface area (Å²) in [5, 5.41) is 3.56. The van der Waals surface area contributed by atoms with Gasteiger partial charge in [0, 0.05) is 30.7 Å². The summed E-state index contributed by atoms with van der Waals surface area (Å²) >= 11 is 0. The summed E-state index contributed by atoms with van der Waals surface area (Å²) in [5.41, 5.74) is 3.64. The molecule has 0 spiro atoms. The van der Waals surface area contributed by atoms with Gasteiger partial charge in [0.1, 0.15) is 5.75 Å². The van der Waals surface area contributed by atoms with Crippen molar-refractivity contribution in [3.8, 4) is 11.4 Å². The number of ether oxygens (including phenoxy) is 1. The maximum absolute atomic E-state index is 5.48. The summed E-state index contributed by atoms with van der Waals surface area (Å²) < 4.78 is 7.48. The van der Waals surface area contributed by atoms with Gasteiger partial charge in [0.15, 0.2) is 0 Å². The van der Waals surface area contributed by atoms with Crippen molar-refractivity contribution in [1.29, 1.82) is 0 Å². The van der Waals surface area contributed by atoms with Gasteiger partial charge in [-0.2, -0.15) is 0 Å². The Hall–Kier alpha value is -2.59. The van der Waals surface area contributed by atoms with Gasteiger partial charge in [-0.05, 0) is 49.2 Å². The van der Waals surface area contributed by atoms with Crippen molar-refractivity contribution in [2.24, 2.45) is 0 Å². The standard InChI is InChI=1S/C20H23N3O/c1-3-24-20-10-6-18(7-11-20)16(2)22-14-17-4-8-19(9-5-17)23-13-12-21-15-23/h4-13,15-16,22H,3,14H2,1-2H3. The zero-order chi connectivity index (χ0) is 16.8. The Morgan fingerprint density at radius 1 is 1.08 bits per heavy atom. The maximum Gasteiger partial charge on any atom is 0.119 e. The highest BCUT2D eigenvalue weighted by Crippen LogP contribution is 2.18. The SMILES string of the molecule is CCOc1ccc(C(C)NCc2ccc(-n3ccnc3)cc2)cc1. The van der Waals surface area contributed by atoms with Crippen LogP contribution in [-0.2, 0) is 6.54 Å². The van der Waals surface area contributed by atoms with Crippen molar-refractivity contribution >= 4 is 0 Å².